The van der Waals surface area contributed by atoms with Crippen LogP contribution in [0, 0.1) is 5.92 Å². The summed E-state index contributed by atoms with van der Waals surface area (Å²) < 4.78 is 29.0. The number of hydrogen-bond donors (Lipinski definition) is 2. The Labute approximate surface area is 206 Å². The summed E-state index contributed by atoms with van der Waals surface area (Å²) in [6.45, 7) is 0. The highest BCUT2D eigenvalue weighted by Crippen LogP contribution is 2.29. The Bertz CT molecular complexity index is 1430. The number of amides is 2. The lowest BCUT2D eigenvalue weighted by molar-refractivity contribution is -0.115. The monoisotopic (exact) mass is 509 g/mol. The Morgan fingerprint density at radius 2 is 1.83 bits per heavy atom. The molecular formula is C24H23N5O4S2. The number of rotatable bonds is 6. The number of thioether (sulfide) groups is 1. The summed E-state index contributed by atoms with van der Waals surface area (Å²) in [4.78, 5) is 36.8. The van der Waals surface area contributed by atoms with Gasteiger partial charge in [0.2, 0.25) is 10.0 Å². The number of carbonyl (C=O) groups excluding carboxylic acids is 2. The number of pyridine rings is 1. The first-order chi connectivity index (χ1) is 16.9. The first-order valence-corrected chi connectivity index (χ1v) is 13.6. The maximum absolute atomic E-state index is 13.1. The van der Waals surface area contributed by atoms with Gasteiger partial charge in [0.15, 0.2) is 0 Å². The lowest BCUT2D eigenvalue weighted by Crippen LogP contribution is -2.38. The molecule has 9 nitrogen and oxygen atoms in total. The number of hydrogen-bond acceptors (Lipinski definition) is 8. The van der Waals surface area contributed by atoms with E-state index in [1.54, 1.807) is 42.7 Å². The maximum atomic E-state index is 13.1. The van der Waals surface area contributed by atoms with E-state index in [-0.39, 0.29) is 16.2 Å². The largest absolute Gasteiger partial charge is 0.290 e. The molecule has 1 aliphatic heterocycles. The molecule has 1 saturated carbocycles. The van der Waals surface area contributed by atoms with Crippen LogP contribution in [-0.4, -0.2) is 40.6 Å². The zero-order chi connectivity index (χ0) is 24.4. The van der Waals surface area contributed by atoms with Crippen LogP contribution in [0.5, 0.6) is 0 Å². The van der Waals surface area contributed by atoms with Crippen LogP contribution < -0.4 is 10.0 Å². The van der Waals surface area contributed by atoms with Gasteiger partial charge in [0.05, 0.1) is 16.1 Å². The topological polar surface area (TPSA) is 131 Å². The SMILES string of the molecule is O=C1NC(=O)/C(=C/c2ccnc(CC3CCC(NS(=O)(=O)c4cccc5cccnc45)CC3)n2)S1. The highest BCUT2D eigenvalue weighted by atomic mass is 32.2. The lowest BCUT2D eigenvalue weighted by Gasteiger charge is -2.28. The molecular weight excluding hydrogens is 486 g/mol. The predicted octanol–water partition coefficient (Wildman–Crippen LogP) is 3.43. The standard InChI is InChI=1S/C24H23N5O4S2/c30-23-19(34-24(31)28-23)14-18-10-12-25-21(27-18)13-15-6-8-17(9-7-15)29-35(32,33)20-5-1-3-16-4-2-11-26-22(16)20/h1-5,10-12,14-15,17,29H,6-9,13H2,(H,28,30,31)/b19-14-. The summed E-state index contributed by atoms with van der Waals surface area (Å²) in [5.41, 5.74) is 1.05. The van der Waals surface area contributed by atoms with Gasteiger partial charge in [-0.3, -0.25) is 19.9 Å². The average Bonchev–Trinajstić information content (AvgIpc) is 3.16. The van der Waals surface area contributed by atoms with Crippen LogP contribution in [0.1, 0.15) is 37.2 Å². The molecule has 2 amide bonds. The predicted molar refractivity (Wildman–Crippen MR) is 133 cm³/mol. The van der Waals surface area contributed by atoms with E-state index in [2.05, 4.69) is 25.0 Å². The van der Waals surface area contributed by atoms with E-state index in [1.807, 2.05) is 12.1 Å². The van der Waals surface area contributed by atoms with Gasteiger partial charge in [0.25, 0.3) is 11.1 Å². The second kappa shape index (κ2) is 9.84. The highest BCUT2D eigenvalue weighted by molar-refractivity contribution is 8.18. The summed E-state index contributed by atoms with van der Waals surface area (Å²) in [5.74, 6) is 0.587. The van der Waals surface area contributed by atoms with Crippen molar-refractivity contribution in [2.75, 3.05) is 0 Å². The first-order valence-electron chi connectivity index (χ1n) is 11.3. The fourth-order valence-electron chi connectivity index (χ4n) is 4.47. The molecule has 5 rings (SSSR count). The Morgan fingerprint density at radius 1 is 1.03 bits per heavy atom. The molecule has 1 saturated heterocycles. The Hall–Kier alpha value is -3.15. The third-order valence-corrected chi connectivity index (χ3v) is 8.54. The number of benzene rings is 1. The van der Waals surface area contributed by atoms with E-state index in [9.17, 15) is 18.0 Å². The zero-order valence-corrected chi connectivity index (χ0v) is 20.3. The molecule has 0 bridgehead atoms. The summed E-state index contributed by atoms with van der Waals surface area (Å²) in [6, 6.07) is 10.4. The van der Waals surface area contributed by atoms with Gasteiger partial charge >= 0.3 is 0 Å². The lowest BCUT2D eigenvalue weighted by atomic mass is 9.84. The number of sulfonamides is 1. The van der Waals surface area contributed by atoms with Crippen LogP contribution in [0.3, 0.4) is 0 Å². The second-order valence-electron chi connectivity index (χ2n) is 8.62. The van der Waals surface area contributed by atoms with Gasteiger partial charge in [-0.25, -0.2) is 23.1 Å². The van der Waals surface area contributed by atoms with E-state index in [0.717, 1.165) is 42.8 Å². The number of carbonyl (C=O) groups is 2. The van der Waals surface area contributed by atoms with E-state index in [4.69, 9.17) is 0 Å². The van der Waals surface area contributed by atoms with Crippen molar-refractivity contribution >= 4 is 49.9 Å². The average molecular weight is 510 g/mol. The summed E-state index contributed by atoms with van der Waals surface area (Å²) in [6.07, 6.45) is 8.65. The van der Waals surface area contributed by atoms with Crippen molar-refractivity contribution in [2.45, 2.75) is 43.0 Å². The number of imide groups is 1. The van der Waals surface area contributed by atoms with Crippen LogP contribution in [0.4, 0.5) is 4.79 Å². The quantitative estimate of drug-likeness (QED) is 0.483. The van der Waals surface area contributed by atoms with Crippen molar-refractivity contribution in [2.24, 2.45) is 5.92 Å². The molecule has 1 aliphatic carbocycles. The maximum Gasteiger partial charge on any atom is 0.290 e. The molecule has 1 aromatic carbocycles. The van der Waals surface area contributed by atoms with Crippen LogP contribution in [-0.2, 0) is 21.2 Å². The Kier molecular flexibility index (Phi) is 6.63. The second-order valence-corrected chi connectivity index (χ2v) is 11.3. The highest BCUT2D eigenvalue weighted by Gasteiger charge is 2.28. The van der Waals surface area contributed by atoms with Crippen LogP contribution >= 0.6 is 11.8 Å². The van der Waals surface area contributed by atoms with Crippen molar-refractivity contribution in [1.29, 1.82) is 0 Å². The zero-order valence-electron chi connectivity index (χ0n) is 18.7. The van der Waals surface area contributed by atoms with Gasteiger partial charge in [0, 0.05) is 30.2 Å². The molecule has 0 unspecified atom stereocenters. The molecule has 3 heterocycles. The van der Waals surface area contributed by atoms with E-state index >= 15 is 0 Å². The summed E-state index contributed by atoms with van der Waals surface area (Å²) in [7, 11) is -3.69. The molecule has 2 fully saturated rings. The van der Waals surface area contributed by atoms with E-state index in [1.165, 1.54) is 0 Å². The minimum absolute atomic E-state index is 0.136. The van der Waals surface area contributed by atoms with E-state index in [0.29, 0.717) is 34.3 Å². The number of nitrogens with one attached hydrogen (secondary N) is 2. The van der Waals surface area contributed by atoms with E-state index < -0.39 is 15.9 Å². The molecule has 3 aromatic rings. The number of aromatic nitrogens is 3. The molecule has 0 radical (unpaired) electrons. The van der Waals surface area contributed by atoms with Crippen LogP contribution in [0.25, 0.3) is 17.0 Å². The molecule has 180 valence electrons. The third-order valence-electron chi connectivity index (χ3n) is 6.17. The van der Waals surface area contributed by atoms with Crippen molar-refractivity contribution in [3.63, 3.8) is 0 Å². The van der Waals surface area contributed by atoms with Gasteiger partial charge in [-0.05, 0) is 67.6 Å². The fraction of sp³-hybridized carbons (Fsp3) is 0.292. The fourth-order valence-corrected chi connectivity index (χ4v) is 6.62. The molecule has 0 spiro atoms. The molecule has 2 aromatic heterocycles. The van der Waals surface area contributed by atoms with Gasteiger partial charge in [-0.1, -0.05) is 18.2 Å². The van der Waals surface area contributed by atoms with Crippen LogP contribution in [0.2, 0.25) is 0 Å². The van der Waals surface area contributed by atoms with Crippen molar-refractivity contribution in [3.05, 3.63) is 65.2 Å². The normalized spacial score (nSPS) is 22.0. The van der Waals surface area contributed by atoms with Gasteiger partial charge in [0.1, 0.15) is 10.7 Å². The van der Waals surface area contributed by atoms with Gasteiger partial charge < -0.3 is 0 Å². The summed E-state index contributed by atoms with van der Waals surface area (Å²) in [5, 5.41) is 2.63. The van der Waals surface area contributed by atoms with Gasteiger partial charge in [-0.2, -0.15) is 0 Å². The number of nitrogens with zero attached hydrogens (tertiary/aromatic N) is 3. The third kappa shape index (κ3) is 5.42. The molecule has 2 aliphatic rings. The first kappa shape index (κ1) is 23.6. The summed E-state index contributed by atoms with van der Waals surface area (Å²) >= 11 is 0.855. The van der Waals surface area contributed by atoms with Crippen LogP contribution in [0.15, 0.2) is 58.6 Å². The number of fused-ring (bicyclic) bond motifs is 1. The molecule has 11 heteroatoms. The Balaban J connectivity index is 1.20. The van der Waals surface area contributed by atoms with Crippen molar-refractivity contribution in [1.82, 2.24) is 25.0 Å². The smallest absolute Gasteiger partial charge is 0.282 e. The molecule has 35 heavy (non-hydrogen) atoms. The molecule has 0 atom stereocenters. The van der Waals surface area contributed by atoms with Crippen molar-refractivity contribution in [3.8, 4) is 0 Å². The van der Waals surface area contributed by atoms with Gasteiger partial charge in [-0.15, -0.1) is 0 Å². The minimum Gasteiger partial charge on any atom is -0.282 e. The molecule has 2 N–H and O–H groups in total. The van der Waals surface area contributed by atoms with Crippen molar-refractivity contribution < 1.29 is 18.0 Å². The minimum atomic E-state index is -3.69. The number of para-hydroxylation sites is 1. The Morgan fingerprint density at radius 3 is 2.60 bits per heavy atom.